The molecular formula is C21H23NO7. The standard InChI is InChI=1S/C21H23NO7/c1-3-27-17-8-10-18(11-9-17)28-14-20(24)29-13-19(23)22-12-15-4-6-16(7-5-15)21(25)26-2/h4-11H,3,12-14H2,1-2H3,(H,22,23). The summed E-state index contributed by atoms with van der Waals surface area (Å²) in [6, 6.07) is 13.4. The van der Waals surface area contributed by atoms with Crippen LogP contribution in [-0.2, 0) is 25.6 Å². The second-order valence-corrected chi connectivity index (χ2v) is 5.82. The summed E-state index contributed by atoms with van der Waals surface area (Å²) in [5.41, 5.74) is 1.21. The van der Waals surface area contributed by atoms with Gasteiger partial charge < -0.3 is 24.3 Å². The summed E-state index contributed by atoms with van der Waals surface area (Å²) in [6.07, 6.45) is 0. The van der Waals surface area contributed by atoms with E-state index in [1.165, 1.54) is 7.11 Å². The molecule has 8 heteroatoms. The van der Waals surface area contributed by atoms with Gasteiger partial charge in [-0.05, 0) is 48.9 Å². The Balaban J connectivity index is 1.66. The molecule has 8 nitrogen and oxygen atoms in total. The molecule has 0 unspecified atom stereocenters. The molecule has 0 bridgehead atoms. The van der Waals surface area contributed by atoms with E-state index in [2.05, 4.69) is 10.1 Å². The lowest BCUT2D eigenvalue weighted by atomic mass is 10.1. The first-order valence-corrected chi connectivity index (χ1v) is 8.97. The molecule has 0 radical (unpaired) electrons. The molecule has 0 heterocycles. The summed E-state index contributed by atoms with van der Waals surface area (Å²) in [4.78, 5) is 34.9. The van der Waals surface area contributed by atoms with Crippen LogP contribution in [0.25, 0.3) is 0 Å². The number of hydrogen-bond donors (Lipinski definition) is 1. The van der Waals surface area contributed by atoms with Gasteiger partial charge in [-0.25, -0.2) is 9.59 Å². The van der Waals surface area contributed by atoms with Crippen LogP contribution in [0.4, 0.5) is 0 Å². The predicted octanol–water partition coefficient (Wildman–Crippen LogP) is 2.11. The molecular weight excluding hydrogens is 378 g/mol. The van der Waals surface area contributed by atoms with Crippen LogP contribution in [-0.4, -0.2) is 44.8 Å². The zero-order chi connectivity index (χ0) is 21.1. The minimum absolute atomic E-state index is 0.237. The van der Waals surface area contributed by atoms with Gasteiger partial charge in [-0.1, -0.05) is 12.1 Å². The summed E-state index contributed by atoms with van der Waals surface area (Å²) in [6.45, 7) is 1.97. The van der Waals surface area contributed by atoms with Crippen LogP contribution >= 0.6 is 0 Å². The third-order valence-corrected chi connectivity index (χ3v) is 3.72. The first-order valence-electron chi connectivity index (χ1n) is 8.97. The summed E-state index contributed by atoms with van der Waals surface area (Å²) >= 11 is 0. The molecule has 0 atom stereocenters. The Hall–Kier alpha value is -3.55. The van der Waals surface area contributed by atoms with Gasteiger partial charge in [-0.3, -0.25) is 4.79 Å². The fraction of sp³-hybridized carbons (Fsp3) is 0.286. The van der Waals surface area contributed by atoms with Crippen molar-refractivity contribution in [2.24, 2.45) is 0 Å². The largest absolute Gasteiger partial charge is 0.494 e. The van der Waals surface area contributed by atoms with Gasteiger partial charge in [-0.2, -0.15) is 0 Å². The van der Waals surface area contributed by atoms with Crippen LogP contribution in [0.3, 0.4) is 0 Å². The maximum Gasteiger partial charge on any atom is 0.344 e. The van der Waals surface area contributed by atoms with Crippen LogP contribution in [0.1, 0.15) is 22.8 Å². The Kier molecular flexibility index (Phi) is 8.50. The third kappa shape index (κ3) is 7.53. The van der Waals surface area contributed by atoms with Gasteiger partial charge in [0.2, 0.25) is 0 Å². The zero-order valence-electron chi connectivity index (χ0n) is 16.3. The second-order valence-electron chi connectivity index (χ2n) is 5.82. The van der Waals surface area contributed by atoms with E-state index >= 15 is 0 Å². The molecule has 0 fully saturated rings. The van der Waals surface area contributed by atoms with Gasteiger partial charge in [0.15, 0.2) is 13.2 Å². The van der Waals surface area contributed by atoms with E-state index in [1.807, 2.05) is 6.92 Å². The molecule has 0 aliphatic heterocycles. The number of carbonyl (C=O) groups is 3. The van der Waals surface area contributed by atoms with Crippen LogP contribution in [0.5, 0.6) is 11.5 Å². The maximum atomic E-state index is 11.8. The highest BCUT2D eigenvalue weighted by molar-refractivity contribution is 5.89. The van der Waals surface area contributed by atoms with Crippen molar-refractivity contribution in [2.75, 3.05) is 26.9 Å². The molecule has 0 aliphatic rings. The average molecular weight is 401 g/mol. The molecule has 2 aromatic carbocycles. The van der Waals surface area contributed by atoms with Crippen molar-refractivity contribution in [1.82, 2.24) is 5.32 Å². The number of benzene rings is 2. The lowest BCUT2D eigenvalue weighted by Gasteiger charge is -2.09. The van der Waals surface area contributed by atoms with Crippen LogP contribution in [0, 0.1) is 0 Å². The van der Waals surface area contributed by atoms with E-state index in [-0.39, 0.29) is 13.2 Å². The van der Waals surface area contributed by atoms with E-state index in [0.29, 0.717) is 23.7 Å². The van der Waals surface area contributed by atoms with Crippen molar-refractivity contribution in [1.29, 1.82) is 0 Å². The number of hydrogen-bond acceptors (Lipinski definition) is 7. The van der Waals surface area contributed by atoms with Crippen molar-refractivity contribution < 1.29 is 33.3 Å². The minimum Gasteiger partial charge on any atom is -0.494 e. The Morgan fingerprint density at radius 1 is 0.862 bits per heavy atom. The maximum absolute atomic E-state index is 11.8. The van der Waals surface area contributed by atoms with E-state index in [0.717, 1.165) is 5.56 Å². The van der Waals surface area contributed by atoms with E-state index in [9.17, 15) is 14.4 Å². The third-order valence-electron chi connectivity index (χ3n) is 3.72. The highest BCUT2D eigenvalue weighted by atomic mass is 16.6. The smallest absolute Gasteiger partial charge is 0.344 e. The molecule has 2 aromatic rings. The molecule has 0 aromatic heterocycles. The van der Waals surface area contributed by atoms with E-state index in [4.69, 9.17) is 14.2 Å². The summed E-state index contributed by atoms with van der Waals surface area (Å²) < 4.78 is 20.1. The number of methoxy groups -OCH3 is 1. The first kappa shape index (κ1) is 21.7. The van der Waals surface area contributed by atoms with Gasteiger partial charge in [0.1, 0.15) is 11.5 Å². The molecule has 0 saturated heterocycles. The summed E-state index contributed by atoms with van der Waals surface area (Å²) in [5, 5.41) is 2.62. The molecule has 1 amide bonds. The predicted molar refractivity (Wildman–Crippen MR) is 104 cm³/mol. The first-order chi connectivity index (χ1) is 14.0. The van der Waals surface area contributed by atoms with Crippen LogP contribution in [0.2, 0.25) is 0 Å². The fourth-order valence-corrected chi connectivity index (χ4v) is 2.26. The molecule has 0 saturated carbocycles. The van der Waals surface area contributed by atoms with Gasteiger partial charge >= 0.3 is 11.9 Å². The average Bonchev–Trinajstić information content (AvgIpc) is 2.75. The number of amides is 1. The van der Waals surface area contributed by atoms with Crippen molar-refractivity contribution >= 4 is 17.8 Å². The quantitative estimate of drug-likeness (QED) is 0.609. The van der Waals surface area contributed by atoms with Gasteiger partial charge in [0, 0.05) is 6.54 Å². The number of esters is 2. The second kappa shape index (κ2) is 11.3. The number of carbonyl (C=O) groups excluding carboxylic acids is 3. The highest BCUT2D eigenvalue weighted by Gasteiger charge is 2.09. The van der Waals surface area contributed by atoms with Crippen molar-refractivity contribution in [3.05, 3.63) is 59.7 Å². The summed E-state index contributed by atoms with van der Waals surface area (Å²) in [7, 11) is 1.31. The topological polar surface area (TPSA) is 100 Å². The molecule has 1 N–H and O–H groups in total. The highest BCUT2D eigenvalue weighted by Crippen LogP contribution is 2.17. The normalized spacial score (nSPS) is 10.0. The van der Waals surface area contributed by atoms with Crippen LogP contribution < -0.4 is 14.8 Å². The fourth-order valence-electron chi connectivity index (χ4n) is 2.26. The van der Waals surface area contributed by atoms with Crippen molar-refractivity contribution in [3.63, 3.8) is 0 Å². The molecule has 0 spiro atoms. The number of nitrogens with one attached hydrogen (secondary N) is 1. The van der Waals surface area contributed by atoms with E-state index in [1.54, 1.807) is 48.5 Å². The zero-order valence-corrected chi connectivity index (χ0v) is 16.3. The number of rotatable bonds is 10. The number of ether oxygens (including phenoxy) is 4. The summed E-state index contributed by atoms with van der Waals surface area (Å²) in [5.74, 6) is -0.336. The van der Waals surface area contributed by atoms with E-state index < -0.39 is 24.5 Å². The molecule has 29 heavy (non-hydrogen) atoms. The van der Waals surface area contributed by atoms with Gasteiger partial charge in [0.05, 0.1) is 19.3 Å². The van der Waals surface area contributed by atoms with Gasteiger partial charge in [-0.15, -0.1) is 0 Å². The monoisotopic (exact) mass is 401 g/mol. The Labute approximate surface area is 168 Å². The minimum atomic E-state index is -0.656. The molecule has 2 rings (SSSR count). The lowest BCUT2D eigenvalue weighted by Crippen LogP contribution is -2.29. The van der Waals surface area contributed by atoms with Gasteiger partial charge in [0.25, 0.3) is 5.91 Å². The molecule has 154 valence electrons. The molecule has 0 aliphatic carbocycles. The Morgan fingerprint density at radius 2 is 1.48 bits per heavy atom. The SMILES string of the molecule is CCOc1ccc(OCC(=O)OCC(=O)NCc2ccc(C(=O)OC)cc2)cc1. The Bertz CT molecular complexity index is 816. The Morgan fingerprint density at radius 3 is 2.07 bits per heavy atom. The van der Waals surface area contributed by atoms with Crippen molar-refractivity contribution in [3.8, 4) is 11.5 Å². The lowest BCUT2D eigenvalue weighted by molar-refractivity contribution is -0.150. The van der Waals surface area contributed by atoms with Crippen molar-refractivity contribution in [2.45, 2.75) is 13.5 Å². The van der Waals surface area contributed by atoms with Crippen LogP contribution in [0.15, 0.2) is 48.5 Å².